The molecule has 0 N–H and O–H groups in total. The van der Waals surface area contributed by atoms with Crippen LogP contribution in [0.25, 0.3) is 0 Å². The monoisotopic (exact) mass is 208 g/mol. The van der Waals surface area contributed by atoms with Crippen LogP contribution in [0, 0.1) is 0 Å². The summed E-state index contributed by atoms with van der Waals surface area (Å²) in [7, 11) is 0. The molecule has 0 atom stereocenters. The third kappa shape index (κ3) is 2.62. The Kier molecular flexibility index (Phi) is 3.11. The SMILES string of the molecule is CC(=O)CCCN1CCn2cnnc2C1. The van der Waals surface area contributed by atoms with Crippen molar-refractivity contribution in [2.24, 2.45) is 0 Å². The lowest BCUT2D eigenvalue weighted by Gasteiger charge is -2.26. The van der Waals surface area contributed by atoms with Gasteiger partial charge in [0.2, 0.25) is 0 Å². The third-order valence-corrected chi connectivity index (χ3v) is 2.72. The maximum Gasteiger partial charge on any atom is 0.147 e. The van der Waals surface area contributed by atoms with E-state index in [2.05, 4.69) is 19.7 Å². The molecule has 5 heteroatoms. The van der Waals surface area contributed by atoms with Crippen LogP contribution in [0.1, 0.15) is 25.6 Å². The van der Waals surface area contributed by atoms with Gasteiger partial charge in [-0.25, -0.2) is 0 Å². The number of fused-ring (bicyclic) bond motifs is 1. The molecule has 0 saturated carbocycles. The predicted molar refractivity (Wildman–Crippen MR) is 55.2 cm³/mol. The second kappa shape index (κ2) is 4.53. The summed E-state index contributed by atoms with van der Waals surface area (Å²) in [5.41, 5.74) is 0. The minimum Gasteiger partial charge on any atom is -0.315 e. The van der Waals surface area contributed by atoms with Gasteiger partial charge in [0.15, 0.2) is 0 Å². The Morgan fingerprint density at radius 3 is 3.20 bits per heavy atom. The number of Topliss-reactive ketones (excluding diaryl/α,β-unsaturated/α-hetero) is 1. The largest absolute Gasteiger partial charge is 0.315 e. The summed E-state index contributed by atoms with van der Waals surface area (Å²) in [6.45, 7) is 5.47. The van der Waals surface area contributed by atoms with Crippen molar-refractivity contribution in [1.29, 1.82) is 0 Å². The quantitative estimate of drug-likeness (QED) is 0.721. The van der Waals surface area contributed by atoms with E-state index in [9.17, 15) is 4.79 Å². The minimum absolute atomic E-state index is 0.273. The number of hydrogen-bond acceptors (Lipinski definition) is 4. The number of hydrogen-bond donors (Lipinski definition) is 0. The van der Waals surface area contributed by atoms with Gasteiger partial charge in [0.25, 0.3) is 0 Å². The van der Waals surface area contributed by atoms with Crippen molar-refractivity contribution in [3.05, 3.63) is 12.2 Å². The lowest BCUT2D eigenvalue weighted by atomic mass is 10.2. The molecule has 2 rings (SSSR count). The molecule has 0 bridgehead atoms. The molecule has 0 radical (unpaired) electrons. The Hall–Kier alpha value is -1.23. The van der Waals surface area contributed by atoms with Gasteiger partial charge in [-0.1, -0.05) is 0 Å². The van der Waals surface area contributed by atoms with Crippen molar-refractivity contribution < 1.29 is 4.79 Å². The van der Waals surface area contributed by atoms with Crippen molar-refractivity contribution in [2.45, 2.75) is 32.9 Å². The molecule has 15 heavy (non-hydrogen) atoms. The van der Waals surface area contributed by atoms with Crippen LogP contribution in [0.15, 0.2) is 6.33 Å². The number of carbonyl (C=O) groups excluding carboxylic acids is 1. The van der Waals surface area contributed by atoms with Crippen LogP contribution in [0.3, 0.4) is 0 Å². The molecule has 0 unspecified atom stereocenters. The Bertz CT molecular complexity index is 347. The molecule has 0 saturated heterocycles. The molecule has 1 aliphatic heterocycles. The Morgan fingerprint density at radius 2 is 2.40 bits per heavy atom. The maximum atomic E-state index is 10.8. The van der Waals surface area contributed by atoms with Crippen LogP contribution in [-0.4, -0.2) is 38.5 Å². The van der Waals surface area contributed by atoms with Crippen molar-refractivity contribution in [1.82, 2.24) is 19.7 Å². The zero-order chi connectivity index (χ0) is 10.7. The molecule has 1 aromatic heterocycles. The highest BCUT2D eigenvalue weighted by molar-refractivity contribution is 5.75. The first kappa shape index (κ1) is 10.3. The number of rotatable bonds is 4. The van der Waals surface area contributed by atoms with Crippen LogP contribution in [0.2, 0.25) is 0 Å². The van der Waals surface area contributed by atoms with Gasteiger partial charge in [0.05, 0.1) is 6.54 Å². The number of ketones is 1. The lowest BCUT2D eigenvalue weighted by Crippen LogP contribution is -2.34. The first-order chi connectivity index (χ1) is 7.25. The number of nitrogens with zero attached hydrogens (tertiary/aromatic N) is 4. The normalized spacial score (nSPS) is 16.3. The van der Waals surface area contributed by atoms with Crippen LogP contribution < -0.4 is 0 Å². The molecule has 0 aliphatic carbocycles. The van der Waals surface area contributed by atoms with Gasteiger partial charge in [-0.3, -0.25) is 4.90 Å². The van der Waals surface area contributed by atoms with E-state index in [1.54, 1.807) is 13.3 Å². The topological polar surface area (TPSA) is 51.0 Å². The molecule has 0 spiro atoms. The van der Waals surface area contributed by atoms with E-state index in [0.29, 0.717) is 6.42 Å². The fourth-order valence-corrected chi connectivity index (χ4v) is 1.86. The van der Waals surface area contributed by atoms with E-state index < -0.39 is 0 Å². The summed E-state index contributed by atoms with van der Waals surface area (Å²) >= 11 is 0. The smallest absolute Gasteiger partial charge is 0.147 e. The molecule has 0 aromatic carbocycles. The summed E-state index contributed by atoms with van der Waals surface area (Å²) in [6.07, 6.45) is 3.41. The Labute approximate surface area is 89.1 Å². The Balaban J connectivity index is 1.80. The van der Waals surface area contributed by atoms with E-state index in [0.717, 1.165) is 38.4 Å². The molecule has 1 aliphatic rings. The molecule has 1 aromatic rings. The van der Waals surface area contributed by atoms with E-state index in [1.165, 1.54) is 0 Å². The zero-order valence-electron chi connectivity index (χ0n) is 9.02. The minimum atomic E-state index is 0.273. The summed E-state index contributed by atoms with van der Waals surface area (Å²) in [5.74, 6) is 1.30. The van der Waals surface area contributed by atoms with Crippen LogP contribution >= 0.6 is 0 Å². The average Bonchev–Trinajstić information content (AvgIpc) is 2.64. The van der Waals surface area contributed by atoms with Gasteiger partial charge in [-0.2, -0.15) is 0 Å². The van der Waals surface area contributed by atoms with E-state index in [4.69, 9.17) is 0 Å². The predicted octanol–water partition coefficient (Wildman–Crippen LogP) is 0.463. The highest BCUT2D eigenvalue weighted by Gasteiger charge is 2.16. The summed E-state index contributed by atoms with van der Waals surface area (Å²) in [4.78, 5) is 13.1. The molecule has 5 nitrogen and oxygen atoms in total. The van der Waals surface area contributed by atoms with E-state index in [1.807, 2.05) is 0 Å². The number of aromatic nitrogens is 3. The van der Waals surface area contributed by atoms with E-state index in [-0.39, 0.29) is 5.78 Å². The van der Waals surface area contributed by atoms with Crippen LogP contribution in [0.4, 0.5) is 0 Å². The molecular formula is C10H16N4O. The second-order valence-electron chi connectivity index (χ2n) is 4.02. The second-order valence-corrected chi connectivity index (χ2v) is 4.02. The molecular weight excluding hydrogens is 192 g/mol. The van der Waals surface area contributed by atoms with Crippen LogP contribution in [0.5, 0.6) is 0 Å². The standard InChI is InChI=1S/C10H16N4O/c1-9(15)3-2-4-13-5-6-14-8-11-12-10(14)7-13/h8H,2-7H2,1H3. The van der Waals surface area contributed by atoms with Gasteiger partial charge in [0, 0.05) is 19.5 Å². The summed E-state index contributed by atoms with van der Waals surface area (Å²) in [5, 5.41) is 7.93. The fourth-order valence-electron chi connectivity index (χ4n) is 1.86. The highest BCUT2D eigenvalue weighted by Crippen LogP contribution is 2.09. The summed E-state index contributed by atoms with van der Waals surface area (Å²) in [6, 6.07) is 0. The summed E-state index contributed by atoms with van der Waals surface area (Å²) < 4.78 is 2.08. The van der Waals surface area contributed by atoms with Crippen molar-refractivity contribution in [2.75, 3.05) is 13.1 Å². The van der Waals surface area contributed by atoms with Crippen molar-refractivity contribution >= 4 is 5.78 Å². The Morgan fingerprint density at radius 1 is 1.53 bits per heavy atom. The molecule has 82 valence electrons. The highest BCUT2D eigenvalue weighted by atomic mass is 16.1. The lowest BCUT2D eigenvalue weighted by molar-refractivity contribution is -0.117. The number of carbonyl (C=O) groups is 1. The van der Waals surface area contributed by atoms with Crippen LogP contribution in [-0.2, 0) is 17.9 Å². The average molecular weight is 208 g/mol. The van der Waals surface area contributed by atoms with Crippen molar-refractivity contribution in [3.63, 3.8) is 0 Å². The maximum absolute atomic E-state index is 10.8. The van der Waals surface area contributed by atoms with E-state index >= 15 is 0 Å². The third-order valence-electron chi connectivity index (χ3n) is 2.72. The van der Waals surface area contributed by atoms with Gasteiger partial charge >= 0.3 is 0 Å². The molecule has 0 amide bonds. The van der Waals surface area contributed by atoms with Gasteiger partial charge in [0.1, 0.15) is 17.9 Å². The van der Waals surface area contributed by atoms with Gasteiger partial charge in [-0.15, -0.1) is 10.2 Å². The molecule has 0 fully saturated rings. The van der Waals surface area contributed by atoms with Gasteiger partial charge < -0.3 is 9.36 Å². The zero-order valence-corrected chi connectivity index (χ0v) is 9.02. The fraction of sp³-hybridized carbons (Fsp3) is 0.700. The van der Waals surface area contributed by atoms with Gasteiger partial charge in [-0.05, 0) is 19.9 Å². The first-order valence-electron chi connectivity index (χ1n) is 5.34. The first-order valence-corrected chi connectivity index (χ1v) is 5.34. The van der Waals surface area contributed by atoms with Crippen molar-refractivity contribution in [3.8, 4) is 0 Å². The molecule has 2 heterocycles.